The van der Waals surface area contributed by atoms with Gasteiger partial charge in [0.05, 0.1) is 12.0 Å². The molecule has 4 rings (SSSR count). The minimum absolute atomic E-state index is 0.0192. The van der Waals surface area contributed by atoms with E-state index in [0.717, 1.165) is 12.8 Å². The van der Waals surface area contributed by atoms with Crippen molar-refractivity contribution in [2.24, 2.45) is 0 Å². The van der Waals surface area contributed by atoms with Crippen molar-refractivity contribution in [3.63, 3.8) is 0 Å². The number of amides is 1. The van der Waals surface area contributed by atoms with Gasteiger partial charge in [-0.3, -0.25) is 4.79 Å². The summed E-state index contributed by atoms with van der Waals surface area (Å²) >= 11 is 1.35. The van der Waals surface area contributed by atoms with Crippen LogP contribution >= 0.6 is 11.3 Å². The summed E-state index contributed by atoms with van der Waals surface area (Å²) in [7, 11) is 1.61. The van der Waals surface area contributed by atoms with Gasteiger partial charge in [0.1, 0.15) is 0 Å². The maximum Gasteiger partial charge on any atom is 0.261 e. The molecule has 0 radical (unpaired) electrons. The monoisotopic (exact) mass is 344 g/mol. The molecule has 3 heterocycles. The van der Waals surface area contributed by atoms with Crippen molar-refractivity contribution >= 4 is 17.2 Å². The lowest BCUT2D eigenvalue weighted by molar-refractivity contribution is 0.0935. The largest absolute Gasteiger partial charge is 0.493 e. The van der Waals surface area contributed by atoms with Gasteiger partial charge >= 0.3 is 0 Å². The third kappa shape index (κ3) is 2.99. The first-order chi connectivity index (χ1) is 11.7. The summed E-state index contributed by atoms with van der Waals surface area (Å²) in [5.74, 6) is 1.30. The molecule has 2 N–H and O–H groups in total. The van der Waals surface area contributed by atoms with Gasteiger partial charge in [-0.25, -0.2) is 0 Å². The second kappa shape index (κ2) is 6.45. The zero-order chi connectivity index (χ0) is 16.5. The molecule has 2 aliphatic rings. The zero-order valence-corrected chi connectivity index (χ0v) is 14.3. The highest BCUT2D eigenvalue weighted by molar-refractivity contribution is 7.15. The van der Waals surface area contributed by atoms with E-state index in [1.54, 1.807) is 7.11 Å². The normalized spacial score (nSPS) is 24.8. The fraction of sp³-hybridized carbons (Fsp3) is 0.389. The number of para-hydroxylation sites is 2. The molecular formula is C18H20N2O3S. The average Bonchev–Trinajstić information content (AvgIpc) is 3.32. The number of rotatable bonds is 5. The molecule has 0 unspecified atom stereocenters. The van der Waals surface area contributed by atoms with E-state index >= 15 is 0 Å². The standard InChI is InChI=1S/C18H20N2O3S/c1-22-14-4-2-3-5-15(14)23-17-9-8-16(24-17)18(21)20-13-10-11-6-7-12(13)19-11/h2-5,8-9,11-13,19H,6-7,10H2,1H3,(H,20,21)/t11-,12+,13-/m1/s1. The molecule has 126 valence electrons. The van der Waals surface area contributed by atoms with Crippen molar-refractivity contribution in [2.45, 2.75) is 37.4 Å². The first-order valence-electron chi connectivity index (χ1n) is 8.20. The first kappa shape index (κ1) is 15.5. The van der Waals surface area contributed by atoms with Crippen molar-refractivity contribution in [3.8, 4) is 16.6 Å². The molecule has 5 nitrogen and oxygen atoms in total. The van der Waals surface area contributed by atoms with E-state index in [0.29, 0.717) is 33.5 Å². The van der Waals surface area contributed by atoms with Crippen LogP contribution in [0.25, 0.3) is 0 Å². The Kier molecular flexibility index (Phi) is 4.16. The highest BCUT2D eigenvalue weighted by atomic mass is 32.1. The predicted octanol–water partition coefficient (Wildman–Crippen LogP) is 3.17. The van der Waals surface area contributed by atoms with Crippen molar-refractivity contribution in [2.75, 3.05) is 7.11 Å². The van der Waals surface area contributed by atoms with Gasteiger partial charge < -0.3 is 20.1 Å². The topological polar surface area (TPSA) is 59.6 Å². The third-order valence-corrected chi connectivity index (χ3v) is 5.66. The molecule has 2 aromatic rings. The summed E-state index contributed by atoms with van der Waals surface area (Å²) in [6, 6.07) is 12.4. The smallest absolute Gasteiger partial charge is 0.261 e. The number of benzene rings is 1. The molecule has 1 amide bonds. The highest BCUT2D eigenvalue weighted by Gasteiger charge is 2.39. The third-order valence-electron chi connectivity index (χ3n) is 4.70. The lowest BCUT2D eigenvalue weighted by Crippen LogP contribution is -2.42. The molecule has 1 aromatic heterocycles. The van der Waals surface area contributed by atoms with Crippen LogP contribution in [0, 0.1) is 0 Å². The van der Waals surface area contributed by atoms with E-state index in [-0.39, 0.29) is 11.9 Å². The van der Waals surface area contributed by atoms with Gasteiger partial charge in [0.2, 0.25) is 0 Å². The maximum atomic E-state index is 12.5. The Hall–Kier alpha value is -2.05. The van der Waals surface area contributed by atoms with Crippen molar-refractivity contribution in [3.05, 3.63) is 41.3 Å². The molecule has 2 bridgehead atoms. The molecule has 6 heteroatoms. The van der Waals surface area contributed by atoms with E-state index in [1.807, 2.05) is 36.4 Å². The molecule has 0 saturated carbocycles. The summed E-state index contributed by atoms with van der Waals surface area (Å²) in [6.07, 6.45) is 3.42. The van der Waals surface area contributed by atoms with Gasteiger partial charge in [0, 0.05) is 18.1 Å². The van der Waals surface area contributed by atoms with Crippen molar-refractivity contribution in [1.29, 1.82) is 0 Å². The Morgan fingerprint density at radius 1 is 1.21 bits per heavy atom. The number of hydrogen-bond acceptors (Lipinski definition) is 5. The Labute approximate surface area is 145 Å². The lowest BCUT2D eigenvalue weighted by Gasteiger charge is -2.20. The van der Waals surface area contributed by atoms with E-state index < -0.39 is 0 Å². The van der Waals surface area contributed by atoms with Crippen LogP contribution in [-0.4, -0.2) is 31.1 Å². The van der Waals surface area contributed by atoms with Crippen molar-refractivity contribution < 1.29 is 14.3 Å². The van der Waals surface area contributed by atoms with Gasteiger partial charge in [-0.05, 0) is 43.5 Å². The number of carbonyl (C=O) groups is 1. The van der Waals surface area contributed by atoms with Crippen LogP contribution in [0.3, 0.4) is 0 Å². The quantitative estimate of drug-likeness (QED) is 0.875. The summed E-state index contributed by atoms with van der Waals surface area (Å²) in [6.45, 7) is 0. The molecule has 2 saturated heterocycles. The van der Waals surface area contributed by atoms with Crippen molar-refractivity contribution in [1.82, 2.24) is 10.6 Å². The number of nitrogens with one attached hydrogen (secondary N) is 2. The fourth-order valence-corrected chi connectivity index (χ4v) is 4.30. The Balaban J connectivity index is 1.42. The zero-order valence-electron chi connectivity index (χ0n) is 13.5. The van der Waals surface area contributed by atoms with Gasteiger partial charge in [0.25, 0.3) is 5.91 Å². The SMILES string of the molecule is COc1ccccc1Oc1ccc(C(=O)N[C@@H]2C[C@H]3CC[C@@H]2N3)s1. The number of methoxy groups -OCH3 is 1. The first-order valence-corrected chi connectivity index (χ1v) is 9.02. The summed E-state index contributed by atoms with van der Waals surface area (Å²) in [5.41, 5.74) is 0. The van der Waals surface area contributed by atoms with Crippen LogP contribution in [0.1, 0.15) is 28.9 Å². The highest BCUT2D eigenvalue weighted by Crippen LogP contribution is 2.35. The minimum atomic E-state index is -0.0192. The van der Waals surface area contributed by atoms with Gasteiger partial charge in [-0.1, -0.05) is 23.5 Å². The fourth-order valence-electron chi connectivity index (χ4n) is 3.53. The van der Waals surface area contributed by atoms with E-state index in [9.17, 15) is 4.79 Å². The van der Waals surface area contributed by atoms with Crippen LogP contribution in [0.4, 0.5) is 0 Å². The average molecular weight is 344 g/mol. The second-order valence-electron chi connectivity index (χ2n) is 6.23. The number of fused-ring (bicyclic) bond motifs is 2. The van der Waals surface area contributed by atoms with Crippen LogP contribution in [-0.2, 0) is 0 Å². The summed E-state index contributed by atoms with van der Waals surface area (Å²) in [5, 5.41) is 7.37. The van der Waals surface area contributed by atoms with Gasteiger partial charge in [0.15, 0.2) is 16.6 Å². The molecule has 24 heavy (non-hydrogen) atoms. The van der Waals surface area contributed by atoms with Gasteiger partial charge in [-0.15, -0.1) is 0 Å². The predicted molar refractivity (Wildman–Crippen MR) is 93.2 cm³/mol. The number of ether oxygens (including phenoxy) is 2. The van der Waals surface area contributed by atoms with Crippen LogP contribution in [0.15, 0.2) is 36.4 Å². The molecule has 2 fully saturated rings. The number of thiophene rings is 1. The number of carbonyl (C=O) groups excluding carboxylic acids is 1. The molecule has 3 atom stereocenters. The minimum Gasteiger partial charge on any atom is -0.493 e. The molecule has 1 aromatic carbocycles. The molecular weight excluding hydrogens is 324 g/mol. The lowest BCUT2D eigenvalue weighted by atomic mass is 9.95. The van der Waals surface area contributed by atoms with E-state index in [1.165, 1.54) is 17.8 Å². The van der Waals surface area contributed by atoms with Crippen LogP contribution in [0.2, 0.25) is 0 Å². The molecule has 2 aliphatic heterocycles. The molecule has 0 spiro atoms. The Morgan fingerprint density at radius 2 is 2.04 bits per heavy atom. The maximum absolute atomic E-state index is 12.5. The number of hydrogen-bond donors (Lipinski definition) is 2. The summed E-state index contributed by atoms with van der Waals surface area (Å²) in [4.78, 5) is 13.1. The molecule has 0 aliphatic carbocycles. The van der Waals surface area contributed by atoms with Gasteiger partial charge in [-0.2, -0.15) is 0 Å². The Bertz CT molecular complexity index is 745. The van der Waals surface area contributed by atoms with Crippen LogP contribution < -0.4 is 20.1 Å². The Morgan fingerprint density at radius 3 is 2.75 bits per heavy atom. The van der Waals surface area contributed by atoms with Crippen LogP contribution in [0.5, 0.6) is 16.6 Å². The summed E-state index contributed by atoms with van der Waals surface area (Å²) < 4.78 is 11.1. The second-order valence-corrected chi connectivity index (χ2v) is 7.28. The van der Waals surface area contributed by atoms with E-state index in [2.05, 4.69) is 10.6 Å². The van der Waals surface area contributed by atoms with E-state index in [4.69, 9.17) is 9.47 Å².